The first kappa shape index (κ1) is 17.7. The molecule has 0 aliphatic rings. The summed E-state index contributed by atoms with van der Waals surface area (Å²) in [7, 11) is 1.67. The highest BCUT2D eigenvalue weighted by molar-refractivity contribution is 7.80. The van der Waals surface area contributed by atoms with E-state index < -0.39 is 0 Å². The topological polar surface area (TPSA) is 37.4 Å². The summed E-state index contributed by atoms with van der Waals surface area (Å²) in [6.45, 7) is 3.30. The minimum atomic E-state index is 0.0221. The zero-order valence-corrected chi connectivity index (χ0v) is 14.8. The highest BCUT2D eigenvalue weighted by atomic mass is 35.5. The Morgan fingerprint density at radius 1 is 1.30 bits per heavy atom. The Balaban J connectivity index is 2.17. The number of anilines is 1. The normalized spacial score (nSPS) is 11.8. The fraction of sp³-hybridized carbons (Fsp3) is 0.294. The zero-order chi connectivity index (χ0) is 16.7. The molecule has 1 aromatic carbocycles. The lowest BCUT2D eigenvalue weighted by atomic mass is 10.2. The van der Waals surface area contributed by atoms with E-state index in [-0.39, 0.29) is 6.04 Å². The van der Waals surface area contributed by atoms with Crippen LogP contribution in [0.25, 0.3) is 0 Å². The van der Waals surface area contributed by atoms with Crippen molar-refractivity contribution >= 4 is 34.6 Å². The van der Waals surface area contributed by atoms with E-state index in [0.717, 1.165) is 11.4 Å². The zero-order valence-electron chi connectivity index (χ0n) is 13.2. The molecule has 0 saturated heterocycles. The van der Waals surface area contributed by atoms with E-state index in [0.29, 0.717) is 23.3 Å². The van der Waals surface area contributed by atoms with Crippen molar-refractivity contribution in [3.05, 3.63) is 59.4 Å². The third kappa shape index (κ3) is 4.89. The standard InChI is InChI=1S/C17H20ClN3OS/c1-13(15-8-5-6-10-19-15)21(11-12-22-2)17(23)20-16-9-4-3-7-14(16)18/h3-10,13H,11-12H2,1-2H3,(H,20,23). The van der Waals surface area contributed by atoms with Crippen LogP contribution in [0.1, 0.15) is 18.7 Å². The molecule has 1 aromatic heterocycles. The largest absolute Gasteiger partial charge is 0.383 e. The van der Waals surface area contributed by atoms with Crippen LogP contribution in [0.2, 0.25) is 5.02 Å². The summed E-state index contributed by atoms with van der Waals surface area (Å²) in [5, 5.41) is 4.43. The molecule has 0 fully saturated rings. The van der Waals surface area contributed by atoms with E-state index in [1.165, 1.54) is 0 Å². The molecule has 1 unspecified atom stereocenters. The van der Waals surface area contributed by atoms with E-state index in [1.807, 2.05) is 47.4 Å². The second-order valence-corrected chi connectivity index (χ2v) is 5.82. The molecule has 122 valence electrons. The summed E-state index contributed by atoms with van der Waals surface area (Å²) in [4.78, 5) is 6.46. The van der Waals surface area contributed by atoms with Crippen LogP contribution in [0.3, 0.4) is 0 Å². The fourth-order valence-corrected chi connectivity index (χ4v) is 2.74. The highest BCUT2D eigenvalue weighted by Crippen LogP contribution is 2.23. The third-order valence-electron chi connectivity index (χ3n) is 3.50. The first-order valence-corrected chi connectivity index (χ1v) is 8.14. The minimum absolute atomic E-state index is 0.0221. The van der Waals surface area contributed by atoms with E-state index in [4.69, 9.17) is 28.6 Å². The van der Waals surface area contributed by atoms with Crippen molar-refractivity contribution in [1.82, 2.24) is 9.88 Å². The molecule has 0 aliphatic heterocycles. The number of nitrogens with one attached hydrogen (secondary N) is 1. The molecule has 0 bridgehead atoms. The third-order valence-corrected chi connectivity index (χ3v) is 4.16. The molecule has 0 aliphatic carbocycles. The Hall–Kier alpha value is -1.69. The number of methoxy groups -OCH3 is 1. The molecule has 2 aromatic rings. The van der Waals surface area contributed by atoms with Gasteiger partial charge in [-0.25, -0.2) is 0 Å². The van der Waals surface area contributed by atoms with Gasteiger partial charge in [-0.1, -0.05) is 29.8 Å². The smallest absolute Gasteiger partial charge is 0.174 e. The van der Waals surface area contributed by atoms with Crippen LogP contribution in [0.4, 0.5) is 5.69 Å². The molecule has 0 spiro atoms. The quantitative estimate of drug-likeness (QED) is 0.793. The summed E-state index contributed by atoms with van der Waals surface area (Å²) in [5.41, 5.74) is 1.74. The van der Waals surface area contributed by atoms with Gasteiger partial charge in [0.1, 0.15) is 0 Å². The van der Waals surface area contributed by atoms with Crippen molar-refractivity contribution in [1.29, 1.82) is 0 Å². The summed E-state index contributed by atoms with van der Waals surface area (Å²) in [5.74, 6) is 0. The molecule has 0 amide bonds. The summed E-state index contributed by atoms with van der Waals surface area (Å²) in [6, 6.07) is 13.4. The highest BCUT2D eigenvalue weighted by Gasteiger charge is 2.20. The average molecular weight is 350 g/mol. The van der Waals surface area contributed by atoms with Crippen molar-refractivity contribution < 1.29 is 4.74 Å². The van der Waals surface area contributed by atoms with Crippen LogP contribution in [-0.2, 0) is 4.74 Å². The van der Waals surface area contributed by atoms with E-state index in [9.17, 15) is 0 Å². The second kappa shape index (κ2) is 8.82. The van der Waals surface area contributed by atoms with Gasteiger partial charge in [0, 0.05) is 19.9 Å². The van der Waals surface area contributed by atoms with Gasteiger partial charge in [0.15, 0.2) is 5.11 Å². The predicted octanol–water partition coefficient (Wildman–Crippen LogP) is 4.14. The molecule has 23 heavy (non-hydrogen) atoms. The number of aromatic nitrogens is 1. The SMILES string of the molecule is COCCN(C(=S)Nc1ccccc1Cl)C(C)c1ccccn1. The Labute approximate surface area is 147 Å². The van der Waals surface area contributed by atoms with E-state index in [2.05, 4.69) is 17.2 Å². The lowest BCUT2D eigenvalue weighted by molar-refractivity contribution is 0.164. The average Bonchev–Trinajstić information content (AvgIpc) is 2.58. The number of hydrogen-bond acceptors (Lipinski definition) is 3. The number of rotatable bonds is 6. The number of benzene rings is 1. The van der Waals surface area contributed by atoms with Crippen LogP contribution in [-0.4, -0.2) is 35.3 Å². The Morgan fingerprint density at radius 2 is 2.04 bits per heavy atom. The number of pyridine rings is 1. The maximum atomic E-state index is 6.20. The number of nitrogens with zero attached hydrogens (tertiary/aromatic N) is 2. The molecule has 1 heterocycles. The molecular formula is C17H20ClN3OS. The molecule has 2 rings (SSSR count). The molecule has 1 N–H and O–H groups in total. The lowest BCUT2D eigenvalue weighted by Gasteiger charge is -2.31. The summed E-state index contributed by atoms with van der Waals surface area (Å²) < 4.78 is 5.21. The number of ether oxygens (including phenoxy) is 1. The molecule has 4 nitrogen and oxygen atoms in total. The summed E-state index contributed by atoms with van der Waals surface area (Å²) >= 11 is 11.8. The first-order chi connectivity index (χ1) is 11.1. The molecule has 0 saturated carbocycles. The number of hydrogen-bond donors (Lipinski definition) is 1. The van der Waals surface area contributed by atoms with Crippen LogP contribution >= 0.6 is 23.8 Å². The van der Waals surface area contributed by atoms with Crippen molar-refractivity contribution in [2.24, 2.45) is 0 Å². The Kier molecular flexibility index (Phi) is 6.77. The number of para-hydroxylation sites is 1. The Morgan fingerprint density at radius 3 is 2.70 bits per heavy atom. The van der Waals surface area contributed by atoms with Crippen LogP contribution < -0.4 is 5.32 Å². The number of thiocarbonyl (C=S) groups is 1. The summed E-state index contributed by atoms with van der Waals surface area (Å²) in [6.07, 6.45) is 1.78. The molecule has 6 heteroatoms. The van der Waals surface area contributed by atoms with E-state index >= 15 is 0 Å². The van der Waals surface area contributed by atoms with Gasteiger partial charge < -0.3 is 15.0 Å². The van der Waals surface area contributed by atoms with Crippen LogP contribution in [0.15, 0.2) is 48.7 Å². The van der Waals surface area contributed by atoms with Crippen molar-refractivity contribution in [2.45, 2.75) is 13.0 Å². The maximum absolute atomic E-state index is 6.20. The molecule has 0 radical (unpaired) electrons. The van der Waals surface area contributed by atoms with Gasteiger partial charge in [-0.05, 0) is 43.4 Å². The Bertz CT molecular complexity index is 639. The predicted molar refractivity (Wildman–Crippen MR) is 98.9 cm³/mol. The van der Waals surface area contributed by atoms with Crippen LogP contribution in [0, 0.1) is 0 Å². The van der Waals surface area contributed by atoms with Gasteiger partial charge in [-0.15, -0.1) is 0 Å². The monoisotopic (exact) mass is 349 g/mol. The maximum Gasteiger partial charge on any atom is 0.174 e. The molecule has 1 atom stereocenters. The van der Waals surface area contributed by atoms with Gasteiger partial charge >= 0.3 is 0 Å². The molecular weight excluding hydrogens is 330 g/mol. The van der Waals surface area contributed by atoms with Gasteiger partial charge in [0.25, 0.3) is 0 Å². The van der Waals surface area contributed by atoms with Crippen molar-refractivity contribution in [3.63, 3.8) is 0 Å². The second-order valence-electron chi connectivity index (χ2n) is 5.03. The van der Waals surface area contributed by atoms with Crippen molar-refractivity contribution in [2.75, 3.05) is 25.6 Å². The first-order valence-electron chi connectivity index (χ1n) is 7.35. The van der Waals surface area contributed by atoms with Gasteiger partial charge in [0.05, 0.1) is 29.1 Å². The van der Waals surface area contributed by atoms with Gasteiger partial charge in [-0.2, -0.15) is 0 Å². The van der Waals surface area contributed by atoms with Gasteiger partial charge in [-0.3, -0.25) is 4.98 Å². The van der Waals surface area contributed by atoms with Crippen LogP contribution in [0.5, 0.6) is 0 Å². The minimum Gasteiger partial charge on any atom is -0.383 e. The fourth-order valence-electron chi connectivity index (χ4n) is 2.19. The lowest BCUT2D eigenvalue weighted by Crippen LogP contribution is -2.39. The van der Waals surface area contributed by atoms with Gasteiger partial charge in [0.2, 0.25) is 0 Å². The van der Waals surface area contributed by atoms with Crippen molar-refractivity contribution in [3.8, 4) is 0 Å². The van der Waals surface area contributed by atoms with E-state index in [1.54, 1.807) is 13.3 Å². The number of halogens is 1.